The Balaban J connectivity index is 2.53. The van der Waals surface area contributed by atoms with Gasteiger partial charge in [0.15, 0.2) is 17.9 Å². The van der Waals surface area contributed by atoms with Crippen molar-refractivity contribution in [2.24, 2.45) is 0 Å². The second-order valence-electron chi connectivity index (χ2n) is 2.79. The fourth-order valence-electron chi connectivity index (χ4n) is 1.13. The lowest BCUT2D eigenvalue weighted by atomic mass is 10.2. The maximum Gasteiger partial charge on any atom is 0.169 e. The molecular formula is C10H5F2NOS. The van der Waals surface area contributed by atoms with Crippen LogP contribution in [0, 0.1) is 11.6 Å². The molecule has 0 amide bonds. The predicted molar refractivity (Wildman–Crippen MR) is 52.9 cm³/mol. The number of halogens is 2. The Hall–Kier alpha value is -1.62. The van der Waals surface area contributed by atoms with E-state index < -0.39 is 11.6 Å². The van der Waals surface area contributed by atoms with Gasteiger partial charge in [0, 0.05) is 11.8 Å². The molecule has 2 nitrogen and oxygen atoms in total. The molecule has 5 heteroatoms. The van der Waals surface area contributed by atoms with Crippen LogP contribution in [-0.4, -0.2) is 11.3 Å². The molecule has 1 heterocycles. The fraction of sp³-hybridized carbons (Fsp3) is 0. The van der Waals surface area contributed by atoms with E-state index in [0.29, 0.717) is 16.2 Å². The summed E-state index contributed by atoms with van der Waals surface area (Å²) >= 11 is 1.02. The van der Waals surface area contributed by atoms with E-state index >= 15 is 0 Å². The summed E-state index contributed by atoms with van der Waals surface area (Å²) in [6.07, 6.45) is 1.95. The van der Waals surface area contributed by atoms with E-state index in [4.69, 9.17) is 0 Å². The Morgan fingerprint density at radius 1 is 1.33 bits per heavy atom. The van der Waals surface area contributed by atoms with Crippen LogP contribution < -0.4 is 0 Å². The monoisotopic (exact) mass is 225 g/mol. The van der Waals surface area contributed by atoms with Gasteiger partial charge in [-0.3, -0.25) is 4.79 Å². The highest BCUT2D eigenvalue weighted by Gasteiger charge is 2.12. The Morgan fingerprint density at radius 2 is 2.13 bits per heavy atom. The van der Waals surface area contributed by atoms with Crippen LogP contribution in [0.15, 0.2) is 24.4 Å². The number of benzene rings is 1. The van der Waals surface area contributed by atoms with Crippen LogP contribution in [0.3, 0.4) is 0 Å². The van der Waals surface area contributed by atoms with Crippen molar-refractivity contribution in [2.75, 3.05) is 0 Å². The number of aromatic nitrogens is 1. The smallest absolute Gasteiger partial charge is 0.169 e. The number of rotatable bonds is 2. The van der Waals surface area contributed by atoms with Crippen LogP contribution in [-0.2, 0) is 0 Å². The summed E-state index contributed by atoms with van der Waals surface area (Å²) in [7, 11) is 0. The van der Waals surface area contributed by atoms with Gasteiger partial charge < -0.3 is 0 Å². The van der Waals surface area contributed by atoms with E-state index in [2.05, 4.69) is 4.98 Å². The summed E-state index contributed by atoms with van der Waals surface area (Å²) in [5.74, 6) is -1.86. The second-order valence-corrected chi connectivity index (χ2v) is 3.85. The molecule has 1 aromatic carbocycles. The lowest BCUT2D eigenvalue weighted by Gasteiger charge is -1.98. The van der Waals surface area contributed by atoms with E-state index in [0.717, 1.165) is 17.4 Å². The summed E-state index contributed by atoms with van der Waals surface area (Å²) in [5, 5.41) is 0.300. The molecule has 1 aromatic heterocycles. The van der Waals surface area contributed by atoms with E-state index in [-0.39, 0.29) is 5.56 Å². The summed E-state index contributed by atoms with van der Waals surface area (Å²) in [4.78, 5) is 14.6. The number of carbonyl (C=O) groups is 1. The minimum Gasteiger partial charge on any atom is -0.297 e. The van der Waals surface area contributed by atoms with Crippen molar-refractivity contribution in [1.82, 2.24) is 4.98 Å². The molecule has 0 aliphatic rings. The first-order chi connectivity index (χ1) is 7.22. The van der Waals surface area contributed by atoms with Crippen LogP contribution in [0.25, 0.3) is 10.6 Å². The van der Waals surface area contributed by atoms with Crippen LogP contribution >= 0.6 is 11.3 Å². The first kappa shape index (κ1) is 9.92. The van der Waals surface area contributed by atoms with Gasteiger partial charge in [0.05, 0.1) is 4.88 Å². The zero-order valence-electron chi connectivity index (χ0n) is 7.41. The first-order valence-electron chi connectivity index (χ1n) is 4.08. The Bertz CT molecular complexity index is 510. The average molecular weight is 225 g/mol. The molecule has 0 spiro atoms. The van der Waals surface area contributed by atoms with E-state index in [1.54, 1.807) is 0 Å². The molecule has 0 saturated heterocycles. The zero-order valence-corrected chi connectivity index (χ0v) is 8.22. The molecule has 0 bridgehead atoms. The first-order valence-corrected chi connectivity index (χ1v) is 4.89. The van der Waals surface area contributed by atoms with Crippen LogP contribution in [0.1, 0.15) is 9.67 Å². The van der Waals surface area contributed by atoms with Gasteiger partial charge in [-0.25, -0.2) is 13.8 Å². The minimum absolute atomic E-state index is 0.0769. The standard InChI is InChI=1S/C10H5F2NOS/c11-8-3-1-2-7(9(8)12)10-13-4-6(5-14)15-10/h1-5H. The number of thiazole rings is 1. The molecule has 0 fully saturated rings. The van der Waals surface area contributed by atoms with Gasteiger partial charge >= 0.3 is 0 Å². The van der Waals surface area contributed by atoms with Crippen molar-refractivity contribution in [1.29, 1.82) is 0 Å². The van der Waals surface area contributed by atoms with Gasteiger partial charge in [-0.05, 0) is 12.1 Å². The number of aldehydes is 1. The molecule has 76 valence electrons. The van der Waals surface area contributed by atoms with Crippen molar-refractivity contribution < 1.29 is 13.6 Å². The van der Waals surface area contributed by atoms with Crippen molar-refractivity contribution in [2.45, 2.75) is 0 Å². The third-order valence-electron chi connectivity index (χ3n) is 1.82. The lowest BCUT2D eigenvalue weighted by Crippen LogP contribution is -1.87. The molecule has 2 rings (SSSR count). The molecule has 0 aliphatic carbocycles. The van der Waals surface area contributed by atoms with Gasteiger partial charge in [0.25, 0.3) is 0 Å². The largest absolute Gasteiger partial charge is 0.297 e. The highest BCUT2D eigenvalue weighted by Crippen LogP contribution is 2.27. The number of carbonyl (C=O) groups excluding carboxylic acids is 1. The van der Waals surface area contributed by atoms with Crippen molar-refractivity contribution in [3.05, 3.63) is 40.9 Å². The molecule has 15 heavy (non-hydrogen) atoms. The fourth-order valence-corrected chi connectivity index (χ4v) is 1.88. The van der Waals surface area contributed by atoms with Crippen molar-refractivity contribution in [3.8, 4) is 10.6 Å². The van der Waals surface area contributed by atoms with Gasteiger partial charge in [0.1, 0.15) is 5.01 Å². The van der Waals surface area contributed by atoms with Crippen molar-refractivity contribution >= 4 is 17.6 Å². The lowest BCUT2D eigenvalue weighted by molar-refractivity contribution is 0.112. The minimum atomic E-state index is -0.940. The van der Waals surface area contributed by atoms with Gasteiger partial charge in [-0.15, -0.1) is 11.3 Å². The number of hydrogen-bond donors (Lipinski definition) is 0. The topological polar surface area (TPSA) is 30.0 Å². The quantitative estimate of drug-likeness (QED) is 0.735. The summed E-state index contributed by atoms with van der Waals surface area (Å²) in [6, 6.07) is 3.86. The molecule has 0 saturated carbocycles. The Labute approximate surface area is 88.2 Å². The van der Waals surface area contributed by atoms with E-state index in [1.807, 2.05) is 0 Å². The van der Waals surface area contributed by atoms with Gasteiger partial charge in [0.2, 0.25) is 0 Å². The van der Waals surface area contributed by atoms with Crippen molar-refractivity contribution in [3.63, 3.8) is 0 Å². The molecule has 2 aromatic rings. The maximum absolute atomic E-state index is 13.3. The van der Waals surface area contributed by atoms with Crippen LogP contribution in [0.5, 0.6) is 0 Å². The van der Waals surface area contributed by atoms with E-state index in [1.165, 1.54) is 18.3 Å². The van der Waals surface area contributed by atoms with E-state index in [9.17, 15) is 13.6 Å². The SMILES string of the molecule is O=Cc1cnc(-c2cccc(F)c2F)s1. The molecular weight excluding hydrogens is 220 g/mol. The summed E-state index contributed by atoms with van der Waals surface area (Å²) in [6.45, 7) is 0. The number of nitrogens with zero attached hydrogens (tertiary/aromatic N) is 1. The molecule has 0 aliphatic heterocycles. The normalized spacial score (nSPS) is 10.3. The highest BCUT2D eigenvalue weighted by molar-refractivity contribution is 7.16. The zero-order chi connectivity index (χ0) is 10.8. The number of hydrogen-bond acceptors (Lipinski definition) is 3. The Morgan fingerprint density at radius 3 is 2.80 bits per heavy atom. The third kappa shape index (κ3) is 1.78. The third-order valence-corrected chi connectivity index (χ3v) is 2.78. The Kier molecular flexibility index (Phi) is 2.55. The summed E-state index contributed by atoms with van der Waals surface area (Å²) < 4.78 is 26.2. The summed E-state index contributed by atoms with van der Waals surface area (Å²) in [5.41, 5.74) is 0.0769. The second kappa shape index (κ2) is 3.86. The van der Waals surface area contributed by atoms with Crippen LogP contribution in [0.4, 0.5) is 8.78 Å². The predicted octanol–water partition coefficient (Wildman–Crippen LogP) is 2.90. The molecule has 0 atom stereocenters. The maximum atomic E-state index is 13.3. The average Bonchev–Trinajstić information content (AvgIpc) is 2.70. The highest BCUT2D eigenvalue weighted by atomic mass is 32.1. The van der Waals surface area contributed by atoms with Gasteiger partial charge in [-0.2, -0.15) is 0 Å². The molecule has 0 unspecified atom stereocenters. The van der Waals surface area contributed by atoms with Gasteiger partial charge in [-0.1, -0.05) is 6.07 Å². The molecule has 0 N–H and O–H groups in total. The van der Waals surface area contributed by atoms with Crippen LogP contribution in [0.2, 0.25) is 0 Å². The molecule has 0 radical (unpaired) electrons.